The zero-order chi connectivity index (χ0) is 21.8. The molecule has 0 saturated heterocycles. The predicted octanol–water partition coefficient (Wildman–Crippen LogP) is 5.46. The summed E-state index contributed by atoms with van der Waals surface area (Å²) >= 11 is 0. The van der Waals surface area contributed by atoms with Crippen molar-refractivity contribution in [1.82, 2.24) is 0 Å². The fraction of sp³-hybridized carbons (Fsp3) is 0.200. The van der Waals surface area contributed by atoms with E-state index in [1.807, 2.05) is 50.2 Å². The fourth-order valence-electron chi connectivity index (χ4n) is 3.09. The molecule has 0 aliphatic heterocycles. The Kier molecular flexibility index (Phi) is 5.89. The van der Waals surface area contributed by atoms with Gasteiger partial charge in [-0.05, 0) is 48.4 Å². The van der Waals surface area contributed by atoms with Gasteiger partial charge < -0.3 is 18.6 Å². The lowest BCUT2D eigenvalue weighted by Crippen LogP contribution is -2.20. The van der Waals surface area contributed by atoms with Gasteiger partial charge >= 0.3 is 5.97 Å². The van der Waals surface area contributed by atoms with Gasteiger partial charge in [-0.15, -0.1) is 0 Å². The van der Waals surface area contributed by atoms with E-state index in [1.165, 1.54) is 6.26 Å². The molecule has 0 aliphatic rings. The molecule has 0 unspecified atom stereocenters. The van der Waals surface area contributed by atoms with Crippen molar-refractivity contribution in [2.75, 3.05) is 6.61 Å². The third-order valence-corrected chi connectivity index (χ3v) is 4.93. The Balaban J connectivity index is 1.51. The van der Waals surface area contributed by atoms with Crippen molar-refractivity contribution in [3.63, 3.8) is 0 Å². The molecule has 0 bridgehead atoms. The van der Waals surface area contributed by atoms with E-state index in [9.17, 15) is 9.59 Å². The number of carbonyl (C=O) groups is 1. The molecule has 4 rings (SSSR count). The molecule has 0 aliphatic carbocycles. The molecule has 6 nitrogen and oxygen atoms in total. The number of hydrogen-bond acceptors (Lipinski definition) is 6. The molecule has 0 amide bonds. The summed E-state index contributed by atoms with van der Waals surface area (Å²) in [6.07, 6.45) is 1.85. The predicted molar refractivity (Wildman–Crippen MR) is 118 cm³/mol. The number of ether oxygens (including phenoxy) is 3. The number of esters is 1. The van der Waals surface area contributed by atoms with Crippen LogP contribution in [0.25, 0.3) is 21.7 Å². The minimum Gasteiger partial charge on any atom is -0.482 e. The lowest BCUT2D eigenvalue weighted by Gasteiger charge is -2.11. The number of rotatable bonds is 7. The van der Waals surface area contributed by atoms with Crippen molar-refractivity contribution in [3.8, 4) is 17.2 Å². The van der Waals surface area contributed by atoms with Crippen LogP contribution in [0, 0.1) is 0 Å². The third-order valence-electron chi connectivity index (χ3n) is 4.93. The molecular formula is C25H22O6. The quantitative estimate of drug-likeness (QED) is 0.371. The van der Waals surface area contributed by atoms with Crippen LogP contribution in [0.1, 0.15) is 20.3 Å². The maximum atomic E-state index is 12.8. The second-order valence-electron chi connectivity index (χ2n) is 7.20. The zero-order valence-electron chi connectivity index (χ0n) is 17.3. The van der Waals surface area contributed by atoms with Crippen molar-refractivity contribution < 1.29 is 23.4 Å². The van der Waals surface area contributed by atoms with Gasteiger partial charge in [0.25, 0.3) is 0 Å². The Labute approximate surface area is 179 Å². The van der Waals surface area contributed by atoms with Crippen LogP contribution in [0.4, 0.5) is 0 Å². The number of carbonyl (C=O) groups excluding carboxylic acids is 1. The van der Waals surface area contributed by atoms with Gasteiger partial charge in [-0.25, -0.2) is 4.79 Å². The standard InChI is InChI=1S/C25H22O6/c1-3-16(2)30-24(26)15-28-19-10-11-21-22(13-19)29-14-23(25(21)27)31-20-9-8-17-6-4-5-7-18(17)12-20/h4-14,16H,3,15H2,1-2H3/t16-/m1/s1. The first-order valence-electron chi connectivity index (χ1n) is 10.1. The summed E-state index contributed by atoms with van der Waals surface area (Å²) in [7, 11) is 0. The number of hydrogen-bond donors (Lipinski definition) is 0. The normalized spacial score (nSPS) is 11.9. The van der Waals surface area contributed by atoms with E-state index in [0.717, 1.165) is 17.2 Å². The lowest BCUT2D eigenvalue weighted by atomic mass is 10.1. The summed E-state index contributed by atoms with van der Waals surface area (Å²) < 4.78 is 22.0. The van der Waals surface area contributed by atoms with Gasteiger partial charge in [0.15, 0.2) is 6.61 Å². The SMILES string of the molecule is CC[C@@H](C)OC(=O)COc1ccc2c(=O)c(Oc3ccc4ccccc4c3)coc2c1. The van der Waals surface area contributed by atoms with Crippen molar-refractivity contribution in [1.29, 1.82) is 0 Å². The Morgan fingerprint density at radius 2 is 1.77 bits per heavy atom. The van der Waals surface area contributed by atoms with Crippen LogP contribution >= 0.6 is 0 Å². The Morgan fingerprint density at radius 1 is 1.00 bits per heavy atom. The van der Waals surface area contributed by atoms with Gasteiger partial charge in [0.05, 0.1) is 11.5 Å². The second-order valence-corrected chi connectivity index (χ2v) is 7.20. The molecule has 0 spiro atoms. The Morgan fingerprint density at radius 3 is 2.58 bits per heavy atom. The maximum Gasteiger partial charge on any atom is 0.344 e. The van der Waals surface area contributed by atoms with Crippen LogP contribution in [0.2, 0.25) is 0 Å². The highest BCUT2D eigenvalue weighted by molar-refractivity contribution is 5.84. The average molecular weight is 418 g/mol. The largest absolute Gasteiger partial charge is 0.482 e. The summed E-state index contributed by atoms with van der Waals surface area (Å²) in [6, 6.07) is 18.3. The van der Waals surface area contributed by atoms with Gasteiger partial charge in [0, 0.05) is 6.07 Å². The summed E-state index contributed by atoms with van der Waals surface area (Å²) in [6.45, 7) is 3.53. The van der Waals surface area contributed by atoms with E-state index >= 15 is 0 Å². The molecule has 3 aromatic carbocycles. The molecule has 1 atom stereocenters. The van der Waals surface area contributed by atoms with Gasteiger partial charge in [0.2, 0.25) is 11.2 Å². The fourth-order valence-corrected chi connectivity index (χ4v) is 3.09. The first-order chi connectivity index (χ1) is 15.0. The van der Waals surface area contributed by atoms with Crippen molar-refractivity contribution in [3.05, 3.63) is 77.2 Å². The molecule has 6 heteroatoms. The van der Waals surface area contributed by atoms with Crippen LogP contribution in [0.5, 0.6) is 17.2 Å². The first-order valence-corrected chi connectivity index (χ1v) is 10.1. The molecule has 158 valence electrons. The van der Waals surface area contributed by atoms with Crippen LogP contribution in [0.15, 0.2) is 76.1 Å². The molecule has 0 radical (unpaired) electrons. The van der Waals surface area contributed by atoms with E-state index in [2.05, 4.69) is 0 Å². The highest BCUT2D eigenvalue weighted by atomic mass is 16.6. The van der Waals surface area contributed by atoms with Crippen molar-refractivity contribution in [2.45, 2.75) is 26.4 Å². The van der Waals surface area contributed by atoms with Gasteiger partial charge in [-0.3, -0.25) is 4.79 Å². The van der Waals surface area contributed by atoms with Crippen molar-refractivity contribution >= 4 is 27.7 Å². The Hall–Kier alpha value is -3.80. The van der Waals surface area contributed by atoms with Crippen LogP contribution in [0.3, 0.4) is 0 Å². The minimum atomic E-state index is -0.449. The number of fused-ring (bicyclic) bond motifs is 2. The molecule has 1 heterocycles. The second kappa shape index (κ2) is 8.92. The smallest absolute Gasteiger partial charge is 0.344 e. The molecule has 0 fully saturated rings. The van der Waals surface area contributed by atoms with E-state index in [0.29, 0.717) is 22.5 Å². The first kappa shape index (κ1) is 20.5. The lowest BCUT2D eigenvalue weighted by molar-refractivity contribution is -0.150. The van der Waals surface area contributed by atoms with Gasteiger partial charge in [-0.1, -0.05) is 37.3 Å². The van der Waals surface area contributed by atoms with E-state index in [4.69, 9.17) is 18.6 Å². The minimum absolute atomic E-state index is 0.0913. The van der Waals surface area contributed by atoms with E-state index in [1.54, 1.807) is 24.3 Å². The monoisotopic (exact) mass is 418 g/mol. The molecule has 4 aromatic rings. The Bertz CT molecular complexity index is 1290. The topological polar surface area (TPSA) is 75.0 Å². The summed E-state index contributed by atoms with van der Waals surface area (Å²) in [5.41, 5.74) is 0.0424. The maximum absolute atomic E-state index is 12.8. The number of benzene rings is 3. The molecule has 0 N–H and O–H groups in total. The van der Waals surface area contributed by atoms with Crippen molar-refractivity contribution in [2.24, 2.45) is 0 Å². The van der Waals surface area contributed by atoms with Crippen LogP contribution in [-0.2, 0) is 9.53 Å². The highest BCUT2D eigenvalue weighted by Gasteiger charge is 2.12. The van der Waals surface area contributed by atoms with Crippen LogP contribution < -0.4 is 14.9 Å². The van der Waals surface area contributed by atoms with E-state index < -0.39 is 5.97 Å². The van der Waals surface area contributed by atoms with Crippen LogP contribution in [-0.4, -0.2) is 18.7 Å². The molecule has 31 heavy (non-hydrogen) atoms. The summed E-state index contributed by atoms with van der Waals surface area (Å²) in [5, 5.41) is 2.45. The molecular weight excluding hydrogens is 396 g/mol. The molecule has 0 saturated carbocycles. The van der Waals surface area contributed by atoms with E-state index in [-0.39, 0.29) is 23.9 Å². The van der Waals surface area contributed by atoms with Gasteiger partial charge in [0.1, 0.15) is 23.3 Å². The summed E-state index contributed by atoms with van der Waals surface area (Å²) in [5.74, 6) is 0.591. The third kappa shape index (κ3) is 4.69. The molecule has 1 aromatic heterocycles. The zero-order valence-corrected chi connectivity index (χ0v) is 17.3. The average Bonchev–Trinajstić information content (AvgIpc) is 2.79. The van der Waals surface area contributed by atoms with Gasteiger partial charge in [-0.2, -0.15) is 0 Å². The highest BCUT2D eigenvalue weighted by Crippen LogP contribution is 2.26. The summed E-state index contributed by atoms with van der Waals surface area (Å²) in [4.78, 5) is 24.6.